The van der Waals surface area contributed by atoms with Crippen LogP contribution in [0.25, 0.3) is 0 Å². The number of ether oxygens (including phenoxy) is 1. The normalized spacial score (nSPS) is 15.7. The van der Waals surface area contributed by atoms with E-state index in [1.807, 2.05) is 38.1 Å². The zero-order chi connectivity index (χ0) is 21.0. The fourth-order valence-electron chi connectivity index (χ4n) is 3.08. The fraction of sp³-hybridized carbons (Fsp3) is 0.333. The molecule has 2 aromatic rings. The van der Waals surface area contributed by atoms with Crippen LogP contribution in [0.5, 0.6) is 5.75 Å². The second kappa shape index (κ2) is 8.65. The van der Waals surface area contributed by atoms with E-state index in [0.29, 0.717) is 6.61 Å². The molecule has 0 fully saturated rings. The van der Waals surface area contributed by atoms with Crippen molar-refractivity contribution in [3.05, 3.63) is 59.7 Å². The molecule has 1 N–H and O–H groups in total. The second-order valence-electron chi connectivity index (χ2n) is 7.07. The number of nitrogens with one attached hydrogen (secondary N) is 1. The molecule has 1 heterocycles. The lowest BCUT2D eigenvalue weighted by molar-refractivity contribution is -0.122. The number of amides is 2. The van der Waals surface area contributed by atoms with Gasteiger partial charge >= 0.3 is 0 Å². The standard InChI is InChI=1S/C21H24N2O5S/c1-15-9-11-17(12-10-15)28-14-16(2)22-20(24)8-5-13-23-21(25)18-6-3-4-7-19(18)29(23,26)27/h3-4,6-7,9-12,16H,5,8,13-14H2,1-2H3,(H,22,24)/t16-/m0/s1. The van der Waals surface area contributed by atoms with Gasteiger partial charge in [-0.2, -0.15) is 0 Å². The molecule has 0 saturated heterocycles. The van der Waals surface area contributed by atoms with Crippen LogP contribution in [0, 0.1) is 6.92 Å². The number of hydrogen-bond acceptors (Lipinski definition) is 5. The van der Waals surface area contributed by atoms with Crippen molar-refractivity contribution in [2.45, 2.75) is 37.6 Å². The van der Waals surface area contributed by atoms with E-state index in [1.165, 1.54) is 12.1 Å². The number of hydrogen-bond donors (Lipinski definition) is 1. The van der Waals surface area contributed by atoms with E-state index in [2.05, 4.69) is 5.32 Å². The minimum Gasteiger partial charge on any atom is -0.491 e. The number of nitrogens with zero attached hydrogens (tertiary/aromatic N) is 1. The van der Waals surface area contributed by atoms with Crippen molar-refractivity contribution in [2.24, 2.45) is 0 Å². The highest BCUT2D eigenvalue weighted by Gasteiger charge is 2.40. The Morgan fingerprint density at radius 1 is 1.14 bits per heavy atom. The summed E-state index contributed by atoms with van der Waals surface area (Å²) < 4.78 is 31.4. The highest BCUT2D eigenvalue weighted by Crippen LogP contribution is 2.29. The van der Waals surface area contributed by atoms with E-state index in [9.17, 15) is 18.0 Å². The number of benzene rings is 2. The third-order valence-corrected chi connectivity index (χ3v) is 6.45. The van der Waals surface area contributed by atoms with E-state index in [4.69, 9.17) is 4.74 Å². The average Bonchev–Trinajstić information content (AvgIpc) is 2.88. The minimum atomic E-state index is -3.83. The SMILES string of the molecule is Cc1ccc(OC[C@H](C)NC(=O)CCCN2C(=O)c3ccccc3S2(=O)=O)cc1. The van der Waals surface area contributed by atoms with Crippen molar-refractivity contribution >= 4 is 21.8 Å². The first kappa shape index (κ1) is 20.9. The van der Waals surface area contributed by atoms with Crippen LogP contribution in [0.3, 0.4) is 0 Å². The summed E-state index contributed by atoms with van der Waals surface area (Å²) >= 11 is 0. The van der Waals surface area contributed by atoms with Crippen LogP contribution in [0.15, 0.2) is 53.4 Å². The third kappa shape index (κ3) is 4.76. The van der Waals surface area contributed by atoms with Gasteiger partial charge in [-0.05, 0) is 44.5 Å². The van der Waals surface area contributed by atoms with Gasteiger partial charge in [0.15, 0.2) is 0 Å². The lowest BCUT2D eigenvalue weighted by atomic mass is 10.2. The Balaban J connectivity index is 1.44. The van der Waals surface area contributed by atoms with E-state index in [-0.39, 0.29) is 41.8 Å². The summed E-state index contributed by atoms with van der Waals surface area (Å²) in [4.78, 5) is 24.5. The van der Waals surface area contributed by atoms with Gasteiger partial charge < -0.3 is 10.1 Å². The molecule has 0 unspecified atom stereocenters. The van der Waals surface area contributed by atoms with E-state index < -0.39 is 15.9 Å². The third-order valence-electron chi connectivity index (χ3n) is 4.61. The number of carbonyl (C=O) groups excluding carboxylic acids is 2. The van der Waals surface area contributed by atoms with Gasteiger partial charge in [-0.3, -0.25) is 9.59 Å². The van der Waals surface area contributed by atoms with Crippen molar-refractivity contribution in [1.82, 2.24) is 9.62 Å². The molecular weight excluding hydrogens is 392 g/mol. The Labute approximate surface area is 170 Å². The lowest BCUT2D eigenvalue weighted by Gasteiger charge is -2.17. The molecule has 2 amide bonds. The van der Waals surface area contributed by atoms with Crippen LogP contribution in [0.2, 0.25) is 0 Å². The molecule has 0 radical (unpaired) electrons. The molecule has 2 aromatic carbocycles. The Morgan fingerprint density at radius 3 is 2.52 bits per heavy atom. The second-order valence-corrected chi connectivity index (χ2v) is 8.91. The van der Waals surface area contributed by atoms with Gasteiger partial charge in [-0.25, -0.2) is 12.7 Å². The lowest BCUT2D eigenvalue weighted by Crippen LogP contribution is -2.37. The van der Waals surface area contributed by atoms with Crippen LogP contribution in [-0.4, -0.2) is 43.7 Å². The maximum Gasteiger partial charge on any atom is 0.269 e. The molecule has 0 bridgehead atoms. The van der Waals surface area contributed by atoms with Gasteiger partial charge in [0.2, 0.25) is 5.91 Å². The van der Waals surface area contributed by atoms with Gasteiger partial charge in [-0.15, -0.1) is 0 Å². The minimum absolute atomic E-state index is 0.0244. The van der Waals surface area contributed by atoms with Gasteiger partial charge in [0.1, 0.15) is 17.3 Å². The molecule has 7 nitrogen and oxygen atoms in total. The van der Waals surface area contributed by atoms with E-state index in [0.717, 1.165) is 15.6 Å². The maximum atomic E-state index is 12.5. The van der Waals surface area contributed by atoms with Crippen molar-refractivity contribution in [3.63, 3.8) is 0 Å². The largest absolute Gasteiger partial charge is 0.491 e. The van der Waals surface area contributed by atoms with Gasteiger partial charge in [0.05, 0.1) is 11.6 Å². The average molecular weight is 416 g/mol. The molecule has 1 aliphatic rings. The molecule has 154 valence electrons. The summed E-state index contributed by atoms with van der Waals surface area (Å²) in [7, 11) is -3.83. The quantitative estimate of drug-likeness (QED) is 0.714. The van der Waals surface area contributed by atoms with Crippen LogP contribution in [0.4, 0.5) is 0 Å². The zero-order valence-corrected chi connectivity index (χ0v) is 17.2. The zero-order valence-electron chi connectivity index (χ0n) is 16.4. The van der Waals surface area contributed by atoms with Crippen molar-refractivity contribution in [3.8, 4) is 5.75 Å². The summed E-state index contributed by atoms with van der Waals surface area (Å²) in [6.07, 6.45) is 0.362. The summed E-state index contributed by atoms with van der Waals surface area (Å²) in [6, 6.07) is 13.6. The van der Waals surface area contributed by atoms with E-state index >= 15 is 0 Å². The van der Waals surface area contributed by atoms with Crippen LogP contribution >= 0.6 is 0 Å². The van der Waals surface area contributed by atoms with Crippen molar-refractivity contribution in [2.75, 3.05) is 13.2 Å². The first-order valence-electron chi connectivity index (χ1n) is 9.44. The summed E-state index contributed by atoms with van der Waals surface area (Å²) in [5.74, 6) is -0.0264. The summed E-state index contributed by atoms with van der Waals surface area (Å²) in [5, 5.41) is 2.82. The van der Waals surface area contributed by atoms with Crippen LogP contribution in [0.1, 0.15) is 35.7 Å². The number of rotatable bonds is 8. The monoisotopic (exact) mass is 416 g/mol. The van der Waals surface area contributed by atoms with Crippen LogP contribution < -0.4 is 10.1 Å². The predicted octanol–water partition coefficient (Wildman–Crippen LogP) is 2.50. The summed E-state index contributed by atoms with van der Waals surface area (Å²) in [5.41, 5.74) is 1.32. The molecule has 0 saturated carbocycles. The first-order chi connectivity index (χ1) is 13.8. The molecule has 8 heteroatoms. The molecule has 1 atom stereocenters. The highest BCUT2D eigenvalue weighted by molar-refractivity contribution is 7.90. The van der Waals surface area contributed by atoms with Gasteiger partial charge in [0, 0.05) is 13.0 Å². The number of aryl methyl sites for hydroxylation is 1. The topological polar surface area (TPSA) is 92.8 Å². The van der Waals surface area contributed by atoms with E-state index in [1.54, 1.807) is 12.1 Å². The molecule has 0 aliphatic carbocycles. The Hall–Kier alpha value is -2.87. The van der Waals surface area contributed by atoms with Crippen LogP contribution in [-0.2, 0) is 14.8 Å². The molecule has 0 aromatic heterocycles. The van der Waals surface area contributed by atoms with Crippen molar-refractivity contribution in [1.29, 1.82) is 0 Å². The Kier molecular flexibility index (Phi) is 6.22. The number of fused-ring (bicyclic) bond motifs is 1. The first-order valence-corrected chi connectivity index (χ1v) is 10.9. The Morgan fingerprint density at radius 2 is 1.83 bits per heavy atom. The highest BCUT2D eigenvalue weighted by atomic mass is 32.2. The Bertz CT molecular complexity index is 1000. The summed E-state index contributed by atoms with van der Waals surface area (Å²) in [6.45, 7) is 4.12. The molecular formula is C21H24N2O5S. The van der Waals surface area contributed by atoms with Gasteiger partial charge in [-0.1, -0.05) is 29.8 Å². The predicted molar refractivity (Wildman–Crippen MR) is 108 cm³/mol. The number of carbonyl (C=O) groups is 2. The molecule has 3 rings (SSSR count). The maximum absolute atomic E-state index is 12.5. The number of sulfonamides is 1. The molecule has 29 heavy (non-hydrogen) atoms. The van der Waals surface area contributed by atoms with Crippen molar-refractivity contribution < 1.29 is 22.7 Å². The molecule has 0 spiro atoms. The van der Waals surface area contributed by atoms with Gasteiger partial charge in [0.25, 0.3) is 15.9 Å². The molecule has 1 aliphatic heterocycles. The smallest absolute Gasteiger partial charge is 0.269 e. The fourth-order valence-corrected chi connectivity index (χ4v) is 4.69.